The van der Waals surface area contributed by atoms with Gasteiger partial charge in [-0.1, -0.05) is 20.3 Å². The molecule has 0 saturated carbocycles. The molecule has 0 aliphatic rings. The van der Waals surface area contributed by atoms with E-state index >= 15 is 0 Å². The molecule has 0 unspecified atom stereocenters. The van der Waals surface area contributed by atoms with Crippen molar-refractivity contribution in [2.45, 2.75) is 45.2 Å². The Labute approximate surface area is 141 Å². The summed E-state index contributed by atoms with van der Waals surface area (Å²) in [5.41, 5.74) is 10.9. The highest BCUT2D eigenvalue weighted by atomic mass is 16.4. The van der Waals surface area contributed by atoms with Crippen molar-refractivity contribution >= 4 is 23.7 Å². The van der Waals surface area contributed by atoms with Gasteiger partial charge in [0.05, 0.1) is 6.04 Å². The number of rotatable bonds is 11. The zero-order valence-electron chi connectivity index (χ0n) is 14.1. The standard InChI is InChI=1S/C14H28N6O4/c1-3-8(2)11(13(24)19-7-10(21)22)20-12(23)9(15)5-4-6-18-14(16)17/h8-9,11H,3-7,15H2,1-2H3,(H,19,24)(H,20,23)(H,21,22)(H4,16,17,18)/t8-,9-,11-/m0/s1. The summed E-state index contributed by atoms with van der Waals surface area (Å²) in [5, 5.41) is 23.1. The van der Waals surface area contributed by atoms with Crippen LogP contribution < -0.4 is 27.4 Å². The highest BCUT2D eigenvalue weighted by Crippen LogP contribution is 2.08. The summed E-state index contributed by atoms with van der Waals surface area (Å²) in [6.45, 7) is 3.56. The molecule has 2 amide bonds. The zero-order valence-corrected chi connectivity index (χ0v) is 14.1. The van der Waals surface area contributed by atoms with E-state index in [1.165, 1.54) is 0 Å². The smallest absolute Gasteiger partial charge is 0.322 e. The fraction of sp³-hybridized carbons (Fsp3) is 0.714. The van der Waals surface area contributed by atoms with Crippen molar-refractivity contribution in [1.82, 2.24) is 16.0 Å². The van der Waals surface area contributed by atoms with Gasteiger partial charge in [0.1, 0.15) is 12.6 Å². The molecule has 0 aromatic heterocycles. The van der Waals surface area contributed by atoms with Crippen LogP contribution >= 0.6 is 0 Å². The molecule has 0 rings (SSSR count). The number of carboxylic acids is 1. The van der Waals surface area contributed by atoms with Gasteiger partial charge in [-0.3, -0.25) is 19.8 Å². The van der Waals surface area contributed by atoms with Crippen molar-refractivity contribution in [3.63, 3.8) is 0 Å². The maximum Gasteiger partial charge on any atom is 0.322 e. The quantitative estimate of drug-likeness (QED) is 0.132. The van der Waals surface area contributed by atoms with Crippen LogP contribution in [0.5, 0.6) is 0 Å². The number of hydrogen-bond donors (Lipinski definition) is 7. The summed E-state index contributed by atoms with van der Waals surface area (Å²) < 4.78 is 0. The third-order valence-electron chi connectivity index (χ3n) is 3.55. The summed E-state index contributed by atoms with van der Waals surface area (Å²) in [7, 11) is 0. The SMILES string of the molecule is CC[C@H](C)[C@H](NC(=O)[C@@H](N)CCCNC(=N)N)C(=O)NCC(=O)O. The lowest BCUT2D eigenvalue weighted by atomic mass is 9.97. The molecule has 0 radical (unpaired) electrons. The van der Waals surface area contributed by atoms with Gasteiger partial charge >= 0.3 is 5.97 Å². The van der Waals surface area contributed by atoms with Gasteiger partial charge < -0.3 is 32.5 Å². The van der Waals surface area contributed by atoms with Gasteiger partial charge in [0.2, 0.25) is 11.8 Å². The molecule has 0 heterocycles. The van der Waals surface area contributed by atoms with Crippen LogP contribution in [0, 0.1) is 11.3 Å². The summed E-state index contributed by atoms with van der Waals surface area (Å²) >= 11 is 0. The molecule has 10 heteroatoms. The van der Waals surface area contributed by atoms with Crippen molar-refractivity contribution in [1.29, 1.82) is 5.41 Å². The van der Waals surface area contributed by atoms with E-state index in [1.54, 1.807) is 6.92 Å². The Morgan fingerprint density at radius 2 is 1.83 bits per heavy atom. The highest BCUT2D eigenvalue weighted by molar-refractivity contribution is 5.91. The van der Waals surface area contributed by atoms with Crippen molar-refractivity contribution in [3.05, 3.63) is 0 Å². The predicted octanol–water partition coefficient (Wildman–Crippen LogP) is -1.69. The second kappa shape index (κ2) is 11.2. The van der Waals surface area contributed by atoms with Crippen LogP contribution in [0.1, 0.15) is 33.1 Å². The molecule has 138 valence electrons. The maximum atomic E-state index is 12.1. The van der Waals surface area contributed by atoms with Gasteiger partial charge in [0, 0.05) is 6.54 Å². The number of guanidine groups is 1. The molecule has 10 nitrogen and oxygen atoms in total. The topological polar surface area (TPSA) is 183 Å². The van der Waals surface area contributed by atoms with Crippen LogP contribution in [-0.2, 0) is 14.4 Å². The average molecular weight is 344 g/mol. The first-order valence-corrected chi connectivity index (χ1v) is 7.82. The molecular weight excluding hydrogens is 316 g/mol. The Balaban J connectivity index is 4.54. The van der Waals surface area contributed by atoms with E-state index in [4.69, 9.17) is 22.0 Å². The predicted molar refractivity (Wildman–Crippen MR) is 89.2 cm³/mol. The minimum atomic E-state index is -1.16. The molecule has 0 fully saturated rings. The Bertz CT molecular complexity index is 457. The van der Waals surface area contributed by atoms with E-state index in [0.717, 1.165) is 0 Å². The fourth-order valence-electron chi connectivity index (χ4n) is 1.91. The normalized spacial score (nSPS) is 14.1. The summed E-state index contributed by atoms with van der Waals surface area (Å²) in [5.74, 6) is -2.51. The monoisotopic (exact) mass is 344 g/mol. The molecule has 0 saturated heterocycles. The summed E-state index contributed by atoms with van der Waals surface area (Å²) in [6.07, 6.45) is 1.52. The number of nitrogens with one attached hydrogen (secondary N) is 4. The lowest BCUT2D eigenvalue weighted by molar-refractivity contribution is -0.138. The van der Waals surface area contributed by atoms with Crippen LogP contribution in [0.15, 0.2) is 0 Å². The zero-order chi connectivity index (χ0) is 18.7. The largest absolute Gasteiger partial charge is 0.480 e. The minimum absolute atomic E-state index is 0.153. The van der Waals surface area contributed by atoms with Crippen LogP contribution in [0.3, 0.4) is 0 Å². The second-order valence-corrected chi connectivity index (χ2v) is 5.57. The molecule has 24 heavy (non-hydrogen) atoms. The number of amides is 2. The Morgan fingerprint density at radius 3 is 2.33 bits per heavy atom. The van der Waals surface area contributed by atoms with Gasteiger partial charge in [0.25, 0.3) is 0 Å². The molecular formula is C14H28N6O4. The molecule has 0 bridgehead atoms. The van der Waals surface area contributed by atoms with Crippen molar-refractivity contribution in [3.8, 4) is 0 Å². The lowest BCUT2D eigenvalue weighted by Crippen LogP contribution is -2.54. The van der Waals surface area contributed by atoms with Gasteiger partial charge in [-0.05, 0) is 18.8 Å². The van der Waals surface area contributed by atoms with E-state index in [0.29, 0.717) is 25.8 Å². The van der Waals surface area contributed by atoms with Crippen LogP contribution in [0.2, 0.25) is 0 Å². The maximum absolute atomic E-state index is 12.1. The first-order chi connectivity index (χ1) is 11.2. The first-order valence-electron chi connectivity index (χ1n) is 7.82. The van der Waals surface area contributed by atoms with E-state index in [2.05, 4.69) is 16.0 Å². The molecule has 0 spiro atoms. The van der Waals surface area contributed by atoms with Crippen LogP contribution in [0.25, 0.3) is 0 Å². The van der Waals surface area contributed by atoms with Crippen molar-refractivity contribution in [2.75, 3.05) is 13.1 Å². The lowest BCUT2D eigenvalue weighted by Gasteiger charge is -2.24. The highest BCUT2D eigenvalue weighted by Gasteiger charge is 2.27. The Morgan fingerprint density at radius 1 is 1.21 bits per heavy atom. The summed E-state index contributed by atoms with van der Waals surface area (Å²) in [4.78, 5) is 34.7. The number of hydrogen-bond acceptors (Lipinski definition) is 5. The number of carbonyl (C=O) groups is 3. The first kappa shape index (κ1) is 21.6. The third-order valence-corrected chi connectivity index (χ3v) is 3.55. The van der Waals surface area contributed by atoms with Crippen molar-refractivity contribution in [2.24, 2.45) is 17.4 Å². The van der Waals surface area contributed by atoms with E-state index in [-0.39, 0.29) is 11.9 Å². The van der Waals surface area contributed by atoms with E-state index in [1.807, 2.05) is 6.92 Å². The molecule has 3 atom stereocenters. The average Bonchev–Trinajstić information content (AvgIpc) is 2.52. The van der Waals surface area contributed by atoms with Crippen molar-refractivity contribution < 1.29 is 19.5 Å². The number of aliphatic carboxylic acids is 1. The van der Waals surface area contributed by atoms with Gasteiger partial charge in [-0.2, -0.15) is 0 Å². The third kappa shape index (κ3) is 8.93. The Hall–Kier alpha value is -2.36. The number of carboxylic acid groups (broad SMARTS) is 1. The fourth-order valence-corrected chi connectivity index (χ4v) is 1.91. The van der Waals surface area contributed by atoms with E-state index < -0.39 is 36.4 Å². The second-order valence-electron chi connectivity index (χ2n) is 5.57. The van der Waals surface area contributed by atoms with Crippen LogP contribution in [0.4, 0.5) is 0 Å². The molecule has 0 aromatic rings. The number of carbonyl (C=O) groups excluding carboxylic acids is 2. The minimum Gasteiger partial charge on any atom is -0.480 e. The molecule has 0 aliphatic carbocycles. The van der Waals surface area contributed by atoms with E-state index in [9.17, 15) is 14.4 Å². The molecule has 0 aliphatic heterocycles. The molecule has 9 N–H and O–H groups in total. The Kier molecular flexibility index (Phi) is 10.1. The summed E-state index contributed by atoms with van der Waals surface area (Å²) in [6, 6.07) is -1.65. The molecule has 0 aromatic carbocycles. The van der Waals surface area contributed by atoms with Gasteiger partial charge in [0.15, 0.2) is 5.96 Å². The van der Waals surface area contributed by atoms with Gasteiger partial charge in [-0.25, -0.2) is 0 Å². The number of nitrogens with two attached hydrogens (primary N) is 2. The van der Waals surface area contributed by atoms with Gasteiger partial charge in [-0.15, -0.1) is 0 Å². The van der Waals surface area contributed by atoms with Crippen LogP contribution in [-0.4, -0.2) is 54.0 Å².